The van der Waals surface area contributed by atoms with E-state index in [1.54, 1.807) is 7.11 Å². The molecule has 0 aliphatic heterocycles. The van der Waals surface area contributed by atoms with Gasteiger partial charge in [-0.1, -0.05) is 35.4 Å². The molecule has 0 heterocycles. The van der Waals surface area contributed by atoms with Crippen LogP contribution < -0.4 is 0 Å². The predicted octanol–water partition coefficient (Wildman–Crippen LogP) is 3.96. The monoisotopic (exact) mass is 214 g/mol. The molecule has 0 spiro atoms. The number of aryl methyl sites for hydroxylation is 1. The quantitative estimate of drug-likeness (QED) is 0.724. The summed E-state index contributed by atoms with van der Waals surface area (Å²) in [6.45, 7) is 4.28. The number of hydrogen-bond acceptors (Lipinski definition) is 1. The average molecular weight is 214 g/mol. The van der Waals surface area contributed by atoms with E-state index in [2.05, 4.69) is 50.3 Å². The van der Waals surface area contributed by atoms with Gasteiger partial charge in [0.2, 0.25) is 0 Å². The van der Waals surface area contributed by atoms with Crippen molar-refractivity contribution in [3.8, 4) is 0 Å². The fourth-order valence-electron chi connectivity index (χ4n) is 2.11. The molecule has 1 aromatic carbocycles. The zero-order valence-electron chi connectivity index (χ0n) is 10.2. The van der Waals surface area contributed by atoms with Crippen LogP contribution in [0.1, 0.15) is 30.4 Å². The van der Waals surface area contributed by atoms with Crippen LogP contribution in [0.3, 0.4) is 0 Å². The smallest absolute Gasteiger partial charge is 0.115 e. The number of ether oxygens (including phenoxy) is 1. The molecular formula is C15H18O. The standard InChI is InChI=1S/C15H18O/c1-11-4-6-13(7-5-11)14-8-12(2)9-15(10-14)16-3/h4-7,9-10,14H,8H2,1-3H3. The van der Waals surface area contributed by atoms with Crippen LogP contribution in [-0.4, -0.2) is 7.11 Å². The Morgan fingerprint density at radius 1 is 1.12 bits per heavy atom. The molecular weight excluding hydrogens is 196 g/mol. The largest absolute Gasteiger partial charge is 0.497 e. The average Bonchev–Trinajstić information content (AvgIpc) is 2.29. The number of benzene rings is 1. The van der Waals surface area contributed by atoms with Gasteiger partial charge in [-0.15, -0.1) is 0 Å². The van der Waals surface area contributed by atoms with Crippen LogP contribution in [0.5, 0.6) is 0 Å². The first-order chi connectivity index (χ1) is 7.69. The summed E-state index contributed by atoms with van der Waals surface area (Å²) in [7, 11) is 1.73. The van der Waals surface area contributed by atoms with Gasteiger partial charge >= 0.3 is 0 Å². The Kier molecular flexibility index (Phi) is 3.14. The highest BCUT2D eigenvalue weighted by Gasteiger charge is 2.15. The summed E-state index contributed by atoms with van der Waals surface area (Å²) in [6.07, 6.45) is 5.41. The Morgan fingerprint density at radius 2 is 1.81 bits per heavy atom. The molecule has 0 saturated heterocycles. The number of rotatable bonds is 2. The molecule has 0 fully saturated rings. The second-order valence-electron chi connectivity index (χ2n) is 4.49. The fourth-order valence-corrected chi connectivity index (χ4v) is 2.11. The van der Waals surface area contributed by atoms with E-state index in [0.29, 0.717) is 5.92 Å². The lowest BCUT2D eigenvalue weighted by Gasteiger charge is -2.19. The molecule has 0 N–H and O–H groups in total. The normalized spacial score (nSPS) is 20.1. The maximum atomic E-state index is 5.32. The molecule has 1 heteroatoms. The Bertz CT molecular complexity index is 423. The van der Waals surface area contributed by atoms with Crippen molar-refractivity contribution < 1.29 is 4.74 Å². The highest BCUT2D eigenvalue weighted by molar-refractivity contribution is 5.35. The number of hydrogen-bond donors (Lipinski definition) is 0. The van der Waals surface area contributed by atoms with Crippen molar-refractivity contribution >= 4 is 0 Å². The molecule has 0 bridgehead atoms. The van der Waals surface area contributed by atoms with Gasteiger partial charge < -0.3 is 4.74 Å². The first kappa shape index (κ1) is 11.0. The highest BCUT2D eigenvalue weighted by Crippen LogP contribution is 2.31. The van der Waals surface area contributed by atoms with E-state index in [1.807, 2.05) is 0 Å². The van der Waals surface area contributed by atoms with Crippen molar-refractivity contribution in [1.29, 1.82) is 0 Å². The SMILES string of the molecule is COC1=CC(c2ccc(C)cc2)CC(C)=C1. The number of allylic oxidation sites excluding steroid dienone is 3. The Labute approximate surface area is 97.4 Å². The van der Waals surface area contributed by atoms with E-state index in [-0.39, 0.29) is 0 Å². The number of methoxy groups -OCH3 is 1. The first-order valence-electron chi connectivity index (χ1n) is 5.68. The molecule has 1 aliphatic carbocycles. The van der Waals surface area contributed by atoms with Crippen molar-refractivity contribution in [2.24, 2.45) is 0 Å². The van der Waals surface area contributed by atoms with Crippen molar-refractivity contribution in [3.05, 3.63) is 58.9 Å². The first-order valence-corrected chi connectivity index (χ1v) is 5.68. The minimum absolute atomic E-state index is 0.459. The summed E-state index contributed by atoms with van der Waals surface area (Å²) in [5.74, 6) is 1.44. The summed E-state index contributed by atoms with van der Waals surface area (Å²) in [5.41, 5.74) is 4.06. The van der Waals surface area contributed by atoms with Crippen molar-refractivity contribution in [1.82, 2.24) is 0 Å². The van der Waals surface area contributed by atoms with Crippen molar-refractivity contribution in [2.75, 3.05) is 7.11 Å². The van der Waals surface area contributed by atoms with E-state index in [9.17, 15) is 0 Å². The minimum Gasteiger partial charge on any atom is -0.497 e. The topological polar surface area (TPSA) is 9.23 Å². The van der Waals surface area contributed by atoms with Gasteiger partial charge in [0, 0.05) is 5.92 Å². The molecule has 1 aromatic rings. The maximum Gasteiger partial charge on any atom is 0.115 e. The third kappa shape index (κ3) is 2.35. The molecule has 1 atom stereocenters. The van der Waals surface area contributed by atoms with Crippen LogP contribution in [-0.2, 0) is 4.74 Å². The van der Waals surface area contributed by atoms with E-state index in [0.717, 1.165) is 12.2 Å². The summed E-state index contributed by atoms with van der Waals surface area (Å²) in [6, 6.07) is 8.76. The van der Waals surface area contributed by atoms with Gasteiger partial charge in [-0.25, -0.2) is 0 Å². The van der Waals surface area contributed by atoms with Gasteiger partial charge in [0.1, 0.15) is 5.76 Å². The molecule has 2 rings (SSSR count). The summed E-state index contributed by atoms with van der Waals surface area (Å²) >= 11 is 0. The van der Waals surface area contributed by atoms with Crippen LogP contribution >= 0.6 is 0 Å². The molecule has 16 heavy (non-hydrogen) atoms. The lowest BCUT2D eigenvalue weighted by molar-refractivity contribution is 0.301. The van der Waals surface area contributed by atoms with Crippen molar-refractivity contribution in [3.63, 3.8) is 0 Å². The van der Waals surface area contributed by atoms with E-state index < -0.39 is 0 Å². The summed E-state index contributed by atoms with van der Waals surface area (Å²) in [5, 5.41) is 0. The molecule has 84 valence electrons. The van der Waals surface area contributed by atoms with E-state index in [1.165, 1.54) is 16.7 Å². The zero-order chi connectivity index (χ0) is 11.5. The Balaban J connectivity index is 2.26. The molecule has 0 radical (unpaired) electrons. The molecule has 1 nitrogen and oxygen atoms in total. The van der Waals surface area contributed by atoms with Gasteiger partial charge in [0.25, 0.3) is 0 Å². The van der Waals surface area contributed by atoms with Crippen LogP contribution in [0, 0.1) is 6.92 Å². The zero-order valence-corrected chi connectivity index (χ0v) is 10.2. The van der Waals surface area contributed by atoms with Gasteiger partial charge in [0.05, 0.1) is 7.11 Å². The molecule has 1 aliphatic rings. The van der Waals surface area contributed by atoms with E-state index >= 15 is 0 Å². The molecule has 0 saturated carbocycles. The van der Waals surface area contributed by atoms with Gasteiger partial charge in [-0.05, 0) is 38.0 Å². The second kappa shape index (κ2) is 4.56. The van der Waals surface area contributed by atoms with Crippen LogP contribution in [0.15, 0.2) is 47.7 Å². The van der Waals surface area contributed by atoms with Gasteiger partial charge in [0.15, 0.2) is 0 Å². The van der Waals surface area contributed by atoms with E-state index in [4.69, 9.17) is 4.74 Å². The third-order valence-electron chi connectivity index (χ3n) is 3.04. The molecule has 1 unspecified atom stereocenters. The Morgan fingerprint density at radius 3 is 2.44 bits per heavy atom. The van der Waals surface area contributed by atoms with Crippen LogP contribution in [0.2, 0.25) is 0 Å². The van der Waals surface area contributed by atoms with Crippen molar-refractivity contribution in [2.45, 2.75) is 26.2 Å². The van der Waals surface area contributed by atoms with Crippen LogP contribution in [0.4, 0.5) is 0 Å². The molecule has 0 amide bonds. The maximum absolute atomic E-state index is 5.32. The summed E-state index contributed by atoms with van der Waals surface area (Å²) < 4.78 is 5.32. The lowest BCUT2D eigenvalue weighted by atomic mass is 9.88. The fraction of sp³-hybridized carbons (Fsp3) is 0.333. The highest BCUT2D eigenvalue weighted by atomic mass is 16.5. The third-order valence-corrected chi connectivity index (χ3v) is 3.04. The predicted molar refractivity (Wildman–Crippen MR) is 67.4 cm³/mol. The molecule has 0 aromatic heterocycles. The van der Waals surface area contributed by atoms with Crippen LogP contribution in [0.25, 0.3) is 0 Å². The Hall–Kier alpha value is -1.50. The summed E-state index contributed by atoms with van der Waals surface area (Å²) in [4.78, 5) is 0. The van der Waals surface area contributed by atoms with Gasteiger partial charge in [-0.2, -0.15) is 0 Å². The second-order valence-corrected chi connectivity index (χ2v) is 4.49. The minimum atomic E-state index is 0.459. The van der Waals surface area contributed by atoms with Gasteiger partial charge in [-0.3, -0.25) is 0 Å². The lowest BCUT2D eigenvalue weighted by Crippen LogP contribution is -2.03.